The largest absolute Gasteiger partial charge is 0.377 e. The molecule has 1 rings (SSSR count). The lowest BCUT2D eigenvalue weighted by molar-refractivity contribution is 0.119. The van der Waals surface area contributed by atoms with Crippen LogP contribution in [0.5, 0.6) is 0 Å². The average Bonchev–Trinajstić information content (AvgIpc) is 2.29. The van der Waals surface area contributed by atoms with Crippen LogP contribution in [0.3, 0.4) is 0 Å². The van der Waals surface area contributed by atoms with Crippen LogP contribution in [0.4, 0.5) is 0 Å². The molecule has 1 aromatic carbocycles. The highest BCUT2D eigenvalue weighted by Gasteiger charge is 2.02. The molecule has 0 aromatic heterocycles. The summed E-state index contributed by atoms with van der Waals surface area (Å²) < 4.78 is 5.25. The maximum atomic E-state index is 5.37. The number of nitrogens with two attached hydrogens (primary N) is 1. The van der Waals surface area contributed by atoms with Crippen molar-refractivity contribution in [2.24, 2.45) is 5.14 Å². The third-order valence-electron chi connectivity index (χ3n) is 2.53. The Labute approximate surface area is 96.3 Å². The van der Waals surface area contributed by atoms with Gasteiger partial charge in [0, 0.05) is 12.9 Å². The van der Waals surface area contributed by atoms with Crippen LogP contribution >= 0.6 is 11.9 Å². The zero-order chi connectivity index (χ0) is 11.1. The van der Waals surface area contributed by atoms with Crippen molar-refractivity contribution in [3.8, 4) is 0 Å². The zero-order valence-corrected chi connectivity index (χ0v) is 10.2. The number of benzene rings is 1. The van der Waals surface area contributed by atoms with Crippen LogP contribution in [0.15, 0.2) is 24.3 Å². The van der Waals surface area contributed by atoms with E-state index in [2.05, 4.69) is 31.2 Å². The summed E-state index contributed by atoms with van der Waals surface area (Å²) in [5.41, 5.74) is 2.60. The molecule has 0 amide bonds. The Morgan fingerprint density at radius 2 is 2.00 bits per heavy atom. The molecule has 2 N–H and O–H groups in total. The van der Waals surface area contributed by atoms with Crippen molar-refractivity contribution in [1.82, 2.24) is 0 Å². The van der Waals surface area contributed by atoms with E-state index in [1.807, 2.05) is 0 Å². The molecule has 0 bridgehead atoms. The molecular formula is C12H19NOS. The number of aryl methyl sites for hydroxylation is 1. The van der Waals surface area contributed by atoms with Gasteiger partial charge in [-0.15, -0.1) is 0 Å². The minimum absolute atomic E-state index is 0.179. The van der Waals surface area contributed by atoms with E-state index in [0.717, 1.165) is 18.6 Å². The molecule has 0 aliphatic rings. The van der Waals surface area contributed by atoms with Gasteiger partial charge >= 0.3 is 0 Å². The van der Waals surface area contributed by atoms with E-state index in [1.54, 1.807) is 7.11 Å². The molecule has 0 fully saturated rings. The summed E-state index contributed by atoms with van der Waals surface area (Å²) in [7, 11) is 1.73. The van der Waals surface area contributed by atoms with Crippen LogP contribution in [0.1, 0.15) is 30.6 Å². The smallest absolute Gasteiger partial charge is 0.0793 e. The molecule has 3 heteroatoms. The van der Waals surface area contributed by atoms with Crippen molar-refractivity contribution in [3.63, 3.8) is 0 Å². The monoisotopic (exact) mass is 225 g/mol. The lowest BCUT2D eigenvalue weighted by Gasteiger charge is -2.10. The molecule has 0 saturated heterocycles. The topological polar surface area (TPSA) is 35.2 Å². The van der Waals surface area contributed by atoms with Crippen LogP contribution in [0.2, 0.25) is 0 Å². The fraction of sp³-hybridized carbons (Fsp3) is 0.500. The molecule has 15 heavy (non-hydrogen) atoms. The molecule has 84 valence electrons. The van der Waals surface area contributed by atoms with Gasteiger partial charge in [0.05, 0.1) is 6.10 Å². The molecule has 2 nitrogen and oxygen atoms in total. The molecule has 1 atom stereocenters. The molecule has 0 saturated carbocycles. The summed E-state index contributed by atoms with van der Waals surface area (Å²) in [6.45, 7) is 2.06. The molecule has 0 aliphatic heterocycles. The third kappa shape index (κ3) is 4.24. The highest BCUT2D eigenvalue weighted by atomic mass is 32.2. The van der Waals surface area contributed by atoms with Gasteiger partial charge in [-0.25, -0.2) is 0 Å². The molecule has 1 unspecified atom stereocenters. The molecular weight excluding hydrogens is 206 g/mol. The van der Waals surface area contributed by atoms with E-state index >= 15 is 0 Å². The molecule has 0 heterocycles. The first-order valence-electron chi connectivity index (χ1n) is 5.21. The Hall–Kier alpha value is -0.510. The van der Waals surface area contributed by atoms with Gasteiger partial charge in [-0.05, 0) is 30.9 Å². The third-order valence-corrected chi connectivity index (χ3v) is 3.05. The van der Waals surface area contributed by atoms with Gasteiger partial charge in [0.1, 0.15) is 0 Å². The number of hydrogen-bond donors (Lipinski definition) is 1. The highest BCUT2D eigenvalue weighted by Crippen LogP contribution is 2.16. The van der Waals surface area contributed by atoms with Crippen molar-refractivity contribution in [2.75, 3.05) is 12.9 Å². The summed E-state index contributed by atoms with van der Waals surface area (Å²) in [6, 6.07) is 8.62. The van der Waals surface area contributed by atoms with Crippen LogP contribution in [-0.4, -0.2) is 12.9 Å². The average molecular weight is 225 g/mol. The molecule has 1 aromatic rings. The first-order valence-corrected chi connectivity index (χ1v) is 6.26. The molecule has 0 aliphatic carbocycles. The van der Waals surface area contributed by atoms with Crippen LogP contribution in [-0.2, 0) is 11.2 Å². The first-order chi connectivity index (χ1) is 7.27. The van der Waals surface area contributed by atoms with E-state index < -0.39 is 0 Å². The highest BCUT2D eigenvalue weighted by molar-refractivity contribution is 7.97. The van der Waals surface area contributed by atoms with Crippen molar-refractivity contribution >= 4 is 11.9 Å². The standard InChI is InChI=1S/C12H19NOS/c1-10(14-2)12-7-5-11(6-8-12)4-3-9-15-13/h5-8,10H,3-4,9,13H2,1-2H3. The molecule has 0 radical (unpaired) electrons. The lowest BCUT2D eigenvalue weighted by atomic mass is 10.1. The van der Waals surface area contributed by atoms with Crippen molar-refractivity contribution in [2.45, 2.75) is 25.9 Å². The van der Waals surface area contributed by atoms with Gasteiger partial charge in [0.15, 0.2) is 0 Å². The Balaban J connectivity index is 2.49. The van der Waals surface area contributed by atoms with E-state index in [0.29, 0.717) is 0 Å². The van der Waals surface area contributed by atoms with Gasteiger partial charge in [0.2, 0.25) is 0 Å². The van der Waals surface area contributed by atoms with Crippen LogP contribution < -0.4 is 5.14 Å². The van der Waals surface area contributed by atoms with Gasteiger partial charge in [0.25, 0.3) is 0 Å². The van der Waals surface area contributed by atoms with Crippen LogP contribution in [0.25, 0.3) is 0 Å². The van der Waals surface area contributed by atoms with Gasteiger partial charge in [-0.3, -0.25) is 5.14 Å². The number of rotatable bonds is 6. The van der Waals surface area contributed by atoms with Crippen LogP contribution in [0, 0.1) is 0 Å². The van der Waals surface area contributed by atoms with Gasteiger partial charge < -0.3 is 4.74 Å². The van der Waals surface area contributed by atoms with E-state index in [9.17, 15) is 0 Å². The summed E-state index contributed by atoms with van der Waals surface area (Å²) in [5.74, 6) is 1.02. The Kier molecular flexibility index (Phi) is 5.76. The number of hydrogen-bond acceptors (Lipinski definition) is 3. The second kappa shape index (κ2) is 6.88. The minimum atomic E-state index is 0.179. The number of ether oxygens (including phenoxy) is 1. The maximum Gasteiger partial charge on any atom is 0.0793 e. The fourth-order valence-electron chi connectivity index (χ4n) is 1.45. The summed E-state index contributed by atoms with van der Waals surface area (Å²) in [6.07, 6.45) is 2.42. The normalized spacial score (nSPS) is 12.7. The fourth-order valence-corrected chi connectivity index (χ4v) is 1.76. The summed E-state index contributed by atoms with van der Waals surface area (Å²) >= 11 is 1.41. The summed E-state index contributed by atoms with van der Waals surface area (Å²) in [5, 5.41) is 5.37. The maximum absolute atomic E-state index is 5.37. The van der Waals surface area contributed by atoms with E-state index in [-0.39, 0.29) is 6.10 Å². The Bertz CT molecular complexity index is 273. The quantitative estimate of drug-likeness (QED) is 0.597. The van der Waals surface area contributed by atoms with Crippen molar-refractivity contribution in [1.29, 1.82) is 0 Å². The van der Waals surface area contributed by atoms with Crippen molar-refractivity contribution in [3.05, 3.63) is 35.4 Å². The Morgan fingerprint density at radius 1 is 1.33 bits per heavy atom. The molecule has 0 spiro atoms. The second-order valence-corrected chi connectivity index (χ2v) is 4.34. The predicted molar refractivity (Wildman–Crippen MR) is 66.8 cm³/mol. The summed E-state index contributed by atoms with van der Waals surface area (Å²) in [4.78, 5) is 0. The van der Waals surface area contributed by atoms with Gasteiger partial charge in [-0.2, -0.15) is 0 Å². The van der Waals surface area contributed by atoms with Crippen molar-refractivity contribution < 1.29 is 4.74 Å². The minimum Gasteiger partial charge on any atom is -0.377 e. The second-order valence-electron chi connectivity index (χ2n) is 3.59. The SMILES string of the molecule is COC(C)c1ccc(CCCSN)cc1. The zero-order valence-electron chi connectivity index (χ0n) is 9.40. The number of methoxy groups -OCH3 is 1. The van der Waals surface area contributed by atoms with E-state index in [4.69, 9.17) is 9.88 Å². The van der Waals surface area contributed by atoms with E-state index in [1.165, 1.54) is 23.1 Å². The first kappa shape index (κ1) is 12.6. The predicted octanol–water partition coefficient (Wildman–Crippen LogP) is 2.93. The van der Waals surface area contributed by atoms with Gasteiger partial charge in [-0.1, -0.05) is 36.2 Å². The Morgan fingerprint density at radius 3 is 2.53 bits per heavy atom. The lowest BCUT2D eigenvalue weighted by Crippen LogP contribution is -1.96.